The fraction of sp³-hybridized carbons (Fsp3) is 0.0800. The first-order valence-corrected chi connectivity index (χ1v) is 11.4. The summed E-state index contributed by atoms with van der Waals surface area (Å²) in [7, 11) is 0. The maximum Gasteiger partial charge on any atom is 0.344 e. The van der Waals surface area contributed by atoms with Crippen LogP contribution in [0.4, 0.5) is 0 Å². The third kappa shape index (κ3) is 2.74. The minimum atomic E-state index is -0.455. The monoisotopic (exact) mass is 465 g/mol. The molecule has 164 valence electrons. The number of aryl methyl sites for hydroxylation is 1. The van der Waals surface area contributed by atoms with Gasteiger partial charge in [0.1, 0.15) is 11.9 Å². The van der Waals surface area contributed by atoms with Gasteiger partial charge in [-0.15, -0.1) is 16.4 Å². The molecule has 1 unspecified atom stereocenters. The predicted molar refractivity (Wildman–Crippen MR) is 127 cm³/mol. The Morgan fingerprint density at radius 1 is 1.03 bits per heavy atom. The summed E-state index contributed by atoms with van der Waals surface area (Å²) in [4.78, 5) is 28.9. The standard InChI is InChI=1S/C25H15N5O3S/c1-13-6-7-17(34-13)18-19-21(15-4-2-3-5-16(15)32-25(19)31)33-24-20(18)23-28-22(29-30(23)12-27-24)14-8-10-26-11-9-14/h2-12,18H,1H3. The fourth-order valence-electron chi connectivity index (χ4n) is 4.45. The first kappa shape index (κ1) is 19.1. The number of hydrogen-bond acceptors (Lipinski definition) is 8. The molecule has 0 N–H and O–H groups in total. The minimum absolute atomic E-state index is 0.403. The zero-order chi connectivity index (χ0) is 22.8. The van der Waals surface area contributed by atoms with E-state index in [-0.39, 0.29) is 0 Å². The van der Waals surface area contributed by atoms with E-state index in [1.165, 1.54) is 0 Å². The van der Waals surface area contributed by atoms with Crippen LogP contribution in [0.15, 0.2) is 76.5 Å². The van der Waals surface area contributed by atoms with E-state index in [9.17, 15) is 4.79 Å². The van der Waals surface area contributed by atoms with Gasteiger partial charge in [-0.2, -0.15) is 0 Å². The number of nitrogens with zero attached hydrogens (tertiary/aromatic N) is 5. The highest BCUT2D eigenvalue weighted by Gasteiger charge is 2.38. The molecule has 0 radical (unpaired) electrons. The molecule has 1 aromatic carbocycles. The van der Waals surface area contributed by atoms with Crippen molar-refractivity contribution in [3.63, 3.8) is 0 Å². The van der Waals surface area contributed by atoms with Crippen LogP contribution in [-0.4, -0.2) is 24.6 Å². The number of ether oxygens (including phenoxy) is 1. The molecule has 0 aliphatic carbocycles. The Hall–Kier alpha value is -4.37. The van der Waals surface area contributed by atoms with Gasteiger partial charge in [0.15, 0.2) is 17.2 Å². The maximum atomic E-state index is 13.3. The van der Waals surface area contributed by atoms with Crippen molar-refractivity contribution in [3.05, 3.63) is 98.6 Å². The second kappa shape index (κ2) is 7.06. The lowest BCUT2D eigenvalue weighted by Gasteiger charge is -2.26. The maximum absolute atomic E-state index is 13.3. The van der Waals surface area contributed by atoms with E-state index in [2.05, 4.69) is 15.1 Å². The largest absolute Gasteiger partial charge is 0.437 e. The molecule has 0 bridgehead atoms. The summed E-state index contributed by atoms with van der Waals surface area (Å²) >= 11 is 1.62. The second-order valence-corrected chi connectivity index (χ2v) is 9.33. The number of benzene rings is 1. The van der Waals surface area contributed by atoms with Crippen molar-refractivity contribution in [3.8, 4) is 23.0 Å². The van der Waals surface area contributed by atoms with Crippen molar-refractivity contribution in [2.45, 2.75) is 12.8 Å². The van der Waals surface area contributed by atoms with Gasteiger partial charge in [-0.1, -0.05) is 12.1 Å². The first-order chi connectivity index (χ1) is 16.7. The van der Waals surface area contributed by atoms with E-state index >= 15 is 0 Å². The topological polar surface area (TPSA) is 95.4 Å². The predicted octanol–water partition coefficient (Wildman–Crippen LogP) is 4.95. The zero-order valence-corrected chi connectivity index (χ0v) is 18.6. The van der Waals surface area contributed by atoms with Crippen molar-refractivity contribution < 1.29 is 9.15 Å². The first-order valence-electron chi connectivity index (χ1n) is 10.6. The molecule has 0 amide bonds. The number of aromatic nitrogens is 5. The van der Waals surface area contributed by atoms with Crippen LogP contribution in [0.3, 0.4) is 0 Å². The van der Waals surface area contributed by atoms with Crippen LogP contribution in [-0.2, 0) is 0 Å². The molecule has 0 spiro atoms. The van der Waals surface area contributed by atoms with Crippen LogP contribution < -0.4 is 10.4 Å². The van der Waals surface area contributed by atoms with Crippen LogP contribution in [0.25, 0.3) is 28.0 Å². The number of para-hydroxylation sites is 1. The summed E-state index contributed by atoms with van der Waals surface area (Å²) in [6.07, 6.45) is 4.98. The molecule has 1 aliphatic heterocycles. The lowest BCUT2D eigenvalue weighted by molar-refractivity contribution is 0.423. The molecule has 0 saturated heterocycles. The summed E-state index contributed by atoms with van der Waals surface area (Å²) < 4.78 is 13.6. The number of pyridine rings is 1. The Balaban J connectivity index is 1.56. The Kier molecular flexibility index (Phi) is 3.97. The van der Waals surface area contributed by atoms with Crippen LogP contribution in [0, 0.1) is 6.92 Å². The molecule has 0 fully saturated rings. The quantitative estimate of drug-likeness (QED) is 0.333. The summed E-state index contributed by atoms with van der Waals surface area (Å²) in [6.45, 7) is 2.04. The molecule has 6 heterocycles. The average molecular weight is 465 g/mol. The lowest BCUT2D eigenvalue weighted by Crippen LogP contribution is -2.21. The molecule has 5 aromatic heterocycles. The lowest BCUT2D eigenvalue weighted by atomic mass is 9.88. The number of thiophene rings is 1. The van der Waals surface area contributed by atoms with Gasteiger partial charge in [0.25, 0.3) is 0 Å². The summed E-state index contributed by atoms with van der Waals surface area (Å²) in [5, 5.41) is 5.34. The molecule has 1 aliphatic rings. The summed E-state index contributed by atoms with van der Waals surface area (Å²) in [5.74, 6) is 0.959. The van der Waals surface area contributed by atoms with E-state index in [0.29, 0.717) is 39.8 Å². The third-order valence-electron chi connectivity index (χ3n) is 5.95. The molecule has 1 atom stereocenters. The minimum Gasteiger partial charge on any atom is -0.437 e. The van der Waals surface area contributed by atoms with Crippen molar-refractivity contribution in [1.82, 2.24) is 24.6 Å². The van der Waals surface area contributed by atoms with Gasteiger partial charge < -0.3 is 9.15 Å². The summed E-state index contributed by atoms with van der Waals surface area (Å²) in [6, 6.07) is 15.1. The molecule has 0 saturated carbocycles. The van der Waals surface area contributed by atoms with E-state index < -0.39 is 11.5 Å². The van der Waals surface area contributed by atoms with Gasteiger partial charge in [-0.25, -0.2) is 19.3 Å². The van der Waals surface area contributed by atoms with E-state index in [0.717, 1.165) is 20.7 Å². The van der Waals surface area contributed by atoms with E-state index in [1.54, 1.807) is 40.6 Å². The van der Waals surface area contributed by atoms with E-state index in [4.69, 9.17) is 14.1 Å². The van der Waals surface area contributed by atoms with Crippen molar-refractivity contribution in [2.75, 3.05) is 0 Å². The van der Waals surface area contributed by atoms with Crippen LogP contribution in [0.1, 0.15) is 26.8 Å². The summed E-state index contributed by atoms with van der Waals surface area (Å²) in [5.41, 5.74) is 2.57. The van der Waals surface area contributed by atoms with Crippen molar-refractivity contribution >= 4 is 28.0 Å². The van der Waals surface area contributed by atoms with Crippen molar-refractivity contribution in [1.29, 1.82) is 0 Å². The van der Waals surface area contributed by atoms with Gasteiger partial charge in [0, 0.05) is 27.7 Å². The van der Waals surface area contributed by atoms with E-state index in [1.807, 2.05) is 49.4 Å². The van der Waals surface area contributed by atoms with Crippen molar-refractivity contribution in [2.24, 2.45) is 0 Å². The Morgan fingerprint density at radius 2 is 1.88 bits per heavy atom. The van der Waals surface area contributed by atoms with Crippen LogP contribution in [0.5, 0.6) is 11.6 Å². The van der Waals surface area contributed by atoms with Gasteiger partial charge >= 0.3 is 5.63 Å². The highest BCUT2D eigenvalue weighted by Crippen LogP contribution is 2.50. The highest BCUT2D eigenvalue weighted by molar-refractivity contribution is 7.12. The Labute approximate surface area is 196 Å². The molecular weight excluding hydrogens is 450 g/mol. The fourth-order valence-corrected chi connectivity index (χ4v) is 5.44. The SMILES string of the molecule is Cc1ccc(C2c3c(c4ccccc4oc3=O)Oc3ncn4nc(-c5ccncc5)nc4c32)s1. The normalized spacial score (nSPS) is 14.7. The number of fused-ring (bicyclic) bond motifs is 6. The van der Waals surface area contributed by atoms with Gasteiger partial charge in [-0.05, 0) is 43.3 Å². The zero-order valence-electron chi connectivity index (χ0n) is 17.8. The second-order valence-electron chi connectivity index (χ2n) is 8.01. The van der Waals surface area contributed by atoms with Crippen LogP contribution in [0.2, 0.25) is 0 Å². The number of rotatable bonds is 2. The molecule has 6 aromatic rings. The van der Waals surface area contributed by atoms with Gasteiger partial charge in [-0.3, -0.25) is 4.98 Å². The Bertz CT molecular complexity index is 1790. The molecular formula is C25H15N5O3S. The molecule has 7 rings (SSSR count). The highest BCUT2D eigenvalue weighted by atomic mass is 32.1. The van der Waals surface area contributed by atoms with Crippen LogP contribution >= 0.6 is 11.3 Å². The molecule has 8 nitrogen and oxygen atoms in total. The van der Waals surface area contributed by atoms with Gasteiger partial charge in [0.05, 0.1) is 22.4 Å². The molecule has 34 heavy (non-hydrogen) atoms. The average Bonchev–Trinajstić information content (AvgIpc) is 3.50. The molecule has 9 heteroatoms. The third-order valence-corrected chi connectivity index (χ3v) is 7.01. The smallest absolute Gasteiger partial charge is 0.344 e. The Morgan fingerprint density at radius 3 is 2.71 bits per heavy atom. The number of hydrogen-bond donors (Lipinski definition) is 0. The van der Waals surface area contributed by atoms with Gasteiger partial charge in [0.2, 0.25) is 5.88 Å².